The van der Waals surface area contributed by atoms with Crippen molar-refractivity contribution in [2.24, 2.45) is 124 Å². The fraction of sp³-hybridized carbons (Fsp3) is 0.913. The Morgan fingerprint density at radius 1 is 0.642 bits per heavy atom. The highest BCUT2D eigenvalue weighted by Gasteiger charge is 2.84. The summed E-state index contributed by atoms with van der Waals surface area (Å²) in [5.41, 5.74) is -0.0218. The fourth-order valence-corrected chi connectivity index (χ4v) is 17.8. The normalized spacial score (nSPS) is 55.8. The van der Waals surface area contributed by atoms with Crippen LogP contribution in [0.1, 0.15) is 136 Å². The predicted molar refractivity (Wildman–Crippen MR) is 208 cm³/mol. The number of aliphatic carboxylic acids is 1. The van der Waals surface area contributed by atoms with Gasteiger partial charge in [-0.25, -0.2) is 0 Å². The van der Waals surface area contributed by atoms with Gasteiger partial charge in [0.15, 0.2) is 0 Å². The summed E-state index contributed by atoms with van der Waals surface area (Å²) in [6, 6.07) is 0. The van der Waals surface area contributed by atoms with E-state index in [1.165, 1.54) is 25.7 Å². The highest BCUT2D eigenvalue weighted by Crippen LogP contribution is 2.86. The Bertz CT molecular complexity index is 1480. The summed E-state index contributed by atoms with van der Waals surface area (Å²) in [6.07, 6.45) is 12.1. The van der Waals surface area contributed by atoms with E-state index in [0.717, 1.165) is 68.6 Å². The minimum absolute atomic E-state index is 0. The maximum Gasteiger partial charge on any atom is 0.317 e. The van der Waals surface area contributed by atoms with Crippen LogP contribution in [0.4, 0.5) is 0 Å². The van der Waals surface area contributed by atoms with Gasteiger partial charge in [0.25, 0.3) is 0 Å². The SMILES string of the molecule is C.C.C.C.C.C.CC1C2CC(CC2C(=O)O)C1C1C2CCC(C3C(=O)OC(=O)C23)C1C1C(C)C2CC(C(=O)OC3(C)CC4C5CCCC5C5CC453)C1C2. The Morgan fingerprint density at radius 2 is 1.19 bits per heavy atom. The molecule has 11 aliphatic carbocycles. The lowest BCUT2D eigenvalue weighted by Gasteiger charge is -2.60. The van der Waals surface area contributed by atoms with Gasteiger partial charge in [0.1, 0.15) is 5.60 Å². The van der Waals surface area contributed by atoms with E-state index in [2.05, 4.69) is 20.8 Å². The highest BCUT2D eigenvalue weighted by molar-refractivity contribution is 5.97. The molecule has 22 unspecified atom stereocenters. The van der Waals surface area contributed by atoms with Crippen molar-refractivity contribution in [3.63, 3.8) is 0 Å². The number of esters is 3. The molecule has 22 atom stereocenters. The summed E-state index contributed by atoms with van der Waals surface area (Å²) in [5, 5.41) is 10.0. The average molecular weight is 741 g/mol. The molecule has 0 radical (unpaired) electrons. The van der Waals surface area contributed by atoms with Crippen LogP contribution >= 0.6 is 0 Å². The Hall–Kier alpha value is -1.92. The molecule has 12 fully saturated rings. The van der Waals surface area contributed by atoms with Crippen LogP contribution in [0.3, 0.4) is 0 Å². The lowest BCUT2D eigenvalue weighted by Crippen LogP contribution is -2.60. The second kappa shape index (κ2) is 13.3. The van der Waals surface area contributed by atoms with Gasteiger partial charge in [-0.05, 0) is 166 Å². The van der Waals surface area contributed by atoms with Crippen molar-refractivity contribution in [1.29, 1.82) is 0 Å². The third-order valence-corrected chi connectivity index (χ3v) is 19.1. The van der Waals surface area contributed by atoms with E-state index in [1.807, 2.05) is 0 Å². The van der Waals surface area contributed by atoms with Gasteiger partial charge in [-0.15, -0.1) is 0 Å². The fourth-order valence-electron chi connectivity index (χ4n) is 17.8. The molecule has 53 heavy (non-hydrogen) atoms. The van der Waals surface area contributed by atoms with Crippen LogP contribution in [-0.2, 0) is 28.7 Å². The van der Waals surface area contributed by atoms with Crippen molar-refractivity contribution in [3.8, 4) is 0 Å². The lowest BCUT2D eigenvalue weighted by molar-refractivity contribution is -0.209. The predicted octanol–water partition coefficient (Wildman–Crippen LogP) is 10.1. The summed E-state index contributed by atoms with van der Waals surface area (Å²) in [5.74, 6) is 4.81. The van der Waals surface area contributed by atoms with Crippen LogP contribution < -0.4 is 0 Å². The maximum atomic E-state index is 14.4. The number of hydrogen-bond acceptors (Lipinski definition) is 6. The zero-order chi connectivity index (χ0) is 32.0. The van der Waals surface area contributed by atoms with Gasteiger partial charge >= 0.3 is 23.9 Å². The van der Waals surface area contributed by atoms with E-state index in [4.69, 9.17) is 9.47 Å². The van der Waals surface area contributed by atoms with Crippen LogP contribution in [-0.4, -0.2) is 34.6 Å². The molecular weight excluding hydrogens is 664 g/mol. The first kappa shape index (κ1) is 42.2. The number of ether oxygens (including phenoxy) is 2. The summed E-state index contributed by atoms with van der Waals surface area (Å²) < 4.78 is 12.2. The van der Waals surface area contributed by atoms with E-state index in [-0.39, 0.29) is 127 Å². The van der Waals surface area contributed by atoms with E-state index >= 15 is 0 Å². The molecule has 7 heteroatoms. The molecule has 0 amide bonds. The second-order valence-corrected chi connectivity index (χ2v) is 19.6. The molecule has 1 saturated heterocycles. The van der Waals surface area contributed by atoms with Crippen molar-refractivity contribution in [1.82, 2.24) is 0 Å². The molecule has 0 aromatic carbocycles. The Balaban J connectivity index is 0.000000902. The molecule has 0 aromatic heterocycles. The number of rotatable bonds is 5. The van der Waals surface area contributed by atoms with Gasteiger partial charge in [0, 0.05) is 5.41 Å². The van der Waals surface area contributed by atoms with Crippen molar-refractivity contribution in [2.75, 3.05) is 0 Å². The molecule has 1 aliphatic heterocycles. The van der Waals surface area contributed by atoms with Crippen LogP contribution in [0.5, 0.6) is 0 Å². The Labute approximate surface area is 322 Å². The molecular formula is C46H76O7. The monoisotopic (exact) mass is 741 g/mol. The molecule has 1 heterocycles. The van der Waals surface area contributed by atoms with E-state index in [1.54, 1.807) is 0 Å². The van der Waals surface area contributed by atoms with Crippen molar-refractivity contribution >= 4 is 23.9 Å². The molecule has 302 valence electrons. The number of carboxylic acids is 1. The first-order valence-corrected chi connectivity index (χ1v) is 19.7. The van der Waals surface area contributed by atoms with Crippen molar-refractivity contribution < 1.29 is 33.8 Å². The molecule has 0 aromatic rings. The number of carbonyl (C=O) groups excluding carboxylic acids is 3. The first-order valence-electron chi connectivity index (χ1n) is 19.7. The van der Waals surface area contributed by atoms with Gasteiger partial charge in [-0.3, -0.25) is 19.2 Å². The third-order valence-electron chi connectivity index (χ3n) is 19.1. The van der Waals surface area contributed by atoms with Crippen LogP contribution in [0.15, 0.2) is 0 Å². The van der Waals surface area contributed by atoms with E-state index in [9.17, 15) is 24.3 Å². The van der Waals surface area contributed by atoms with Gasteiger partial charge in [0.05, 0.1) is 23.7 Å². The van der Waals surface area contributed by atoms with E-state index < -0.39 is 5.97 Å². The van der Waals surface area contributed by atoms with Gasteiger partial charge in [0.2, 0.25) is 0 Å². The molecule has 1 N–H and O–H groups in total. The quantitative estimate of drug-likeness (QED) is 0.221. The minimum atomic E-state index is -0.651. The standard InChI is InChI=1S/C40H52O7.6CH4/c1-15-17-9-24(26(10-17)36(43)47-39(3)13-27-19-5-4-6-20(19)28-14-40(27,28)39)30(15)32-22-8-7-21(33-34(22)38(45)46-37(33)44)31(32)29-16(2)23-11-18(29)12-25(23)35(41)42;;;;;;/h15-34H,4-14H2,1-3H3,(H,41,42);6*1H4. The third kappa shape index (κ3) is 4.81. The van der Waals surface area contributed by atoms with E-state index in [0.29, 0.717) is 41.4 Å². The summed E-state index contributed by atoms with van der Waals surface area (Å²) in [4.78, 5) is 53.2. The van der Waals surface area contributed by atoms with Crippen molar-refractivity contribution in [3.05, 3.63) is 0 Å². The van der Waals surface area contributed by atoms with Gasteiger partial charge in [-0.2, -0.15) is 0 Å². The van der Waals surface area contributed by atoms with Crippen LogP contribution in [0.2, 0.25) is 0 Å². The largest absolute Gasteiger partial charge is 0.481 e. The Kier molecular flexibility index (Phi) is 10.6. The second-order valence-electron chi connectivity index (χ2n) is 19.6. The van der Waals surface area contributed by atoms with Crippen LogP contribution in [0, 0.1) is 124 Å². The summed E-state index contributed by atoms with van der Waals surface area (Å²) in [7, 11) is 0. The zero-order valence-corrected chi connectivity index (χ0v) is 28.2. The smallest absolute Gasteiger partial charge is 0.317 e. The molecule has 1 spiro atoms. The average Bonchev–Trinajstić information content (AvgIpc) is 3.70. The minimum Gasteiger partial charge on any atom is -0.481 e. The number of carboxylic acid groups (broad SMARTS) is 1. The highest BCUT2D eigenvalue weighted by atomic mass is 16.6. The van der Waals surface area contributed by atoms with Gasteiger partial charge in [-0.1, -0.05) is 64.8 Å². The lowest BCUT2D eigenvalue weighted by atomic mass is 9.42. The summed E-state index contributed by atoms with van der Waals surface area (Å²) in [6.45, 7) is 6.98. The number of fused-ring (bicyclic) bond motifs is 9. The van der Waals surface area contributed by atoms with Crippen LogP contribution in [0.25, 0.3) is 0 Å². The topological polar surface area (TPSA) is 107 Å². The number of cyclic esters (lactones) is 2. The number of hydrogen-bond donors (Lipinski definition) is 1. The zero-order valence-electron chi connectivity index (χ0n) is 28.2. The van der Waals surface area contributed by atoms with Gasteiger partial charge < -0.3 is 14.6 Å². The molecule has 12 rings (SSSR count). The maximum absolute atomic E-state index is 14.4. The summed E-state index contributed by atoms with van der Waals surface area (Å²) >= 11 is 0. The van der Waals surface area contributed by atoms with Crippen molar-refractivity contribution in [2.45, 2.75) is 142 Å². The molecule has 11 saturated carbocycles. The molecule has 7 nitrogen and oxygen atoms in total. The molecule has 12 aliphatic rings. The Morgan fingerprint density at radius 3 is 1.75 bits per heavy atom. The first-order chi connectivity index (χ1) is 22.5. The number of carbonyl (C=O) groups is 4. The molecule has 6 bridgehead atoms.